The highest BCUT2D eigenvalue weighted by atomic mass is 35.5. The van der Waals surface area contributed by atoms with Gasteiger partial charge in [0.1, 0.15) is 28.2 Å². The molecule has 7 nitrogen and oxygen atoms in total. The van der Waals surface area contributed by atoms with Gasteiger partial charge in [-0.25, -0.2) is 18.7 Å². The van der Waals surface area contributed by atoms with Gasteiger partial charge in [-0.3, -0.25) is 4.79 Å². The fraction of sp³-hybridized carbons (Fsp3) is 0.280. The highest BCUT2D eigenvalue weighted by Gasteiger charge is 2.34. The summed E-state index contributed by atoms with van der Waals surface area (Å²) in [5, 5.41) is 14.0. The molecule has 3 N–H and O–H groups in total. The Labute approximate surface area is 213 Å². The maximum atomic E-state index is 16.3. The van der Waals surface area contributed by atoms with Crippen LogP contribution in [-0.2, 0) is 0 Å². The van der Waals surface area contributed by atoms with Crippen LogP contribution in [-0.4, -0.2) is 40.9 Å². The lowest BCUT2D eigenvalue weighted by atomic mass is 9.97. The van der Waals surface area contributed by atoms with Gasteiger partial charge in [-0.1, -0.05) is 17.7 Å². The summed E-state index contributed by atoms with van der Waals surface area (Å²) in [6, 6.07) is 6.72. The molecule has 6 rings (SSSR count). The second-order valence-electron chi connectivity index (χ2n) is 9.17. The summed E-state index contributed by atoms with van der Waals surface area (Å²) in [7, 11) is 0. The second-order valence-corrected chi connectivity index (χ2v) is 10.6. The Kier molecular flexibility index (Phi) is 5.33. The molecule has 182 valence electrons. The van der Waals surface area contributed by atoms with E-state index in [1.54, 1.807) is 6.07 Å². The molecule has 4 aromatic rings. The van der Waals surface area contributed by atoms with E-state index >= 15 is 4.39 Å². The number of nitrogens with two attached hydrogens (primary N) is 1. The molecule has 2 aromatic carbocycles. The fourth-order valence-electron chi connectivity index (χ4n) is 5.30. The first-order valence-electron chi connectivity index (χ1n) is 11.4. The topological polar surface area (TPSA) is 108 Å². The van der Waals surface area contributed by atoms with Crippen molar-refractivity contribution in [1.29, 1.82) is 5.26 Å². The molecule has 2 aromatic heterocycles. The number of aromatic nitrogens is 2. The van der Waals surface area contributed by atoms with Crippen molar-refractivity contribution in [2.45, 2.75) is 31.8 Å². The normalized spacial score (nSPS) is 19.2. The van der Waals surface area contributed by atoms with Crippen LogP contribution in [0.4, 0.5) is 19.6 Å². The summed E-state index contributed by atoms with van der Waals surface area (Å²) >= 11 is 7.59. The molecular formula is C25H19ClF2N6OS. The number of nitrogens with one attached hydrogen (secondary N) is 1. The van der Waals surface area contributed by atoms with Gasteiger partial charge in [0.05, 0.1) is 15.3 Å². The third kappa shape index (κ3) is 3.42. The van der Waals surface area contributed by atoms with Crippen molar-refractivity contribution < 1.29 is 13.6 Å². The largest absolute Gasteiger partial charge is 0.389 e. The van der Waals surface area contributed by atoms with Crippen molar-refractivity contribution in [3.8, 4) is 17.2 Å². The van der Waals surface area contributed by atoms with Gasteiger partial charge in [0, 0.05) is 48.4 Å². The zero-order valence-corrected chi connectivity index (χ0v) is 20.6. The zero-order valence-electron chi connectivity index (χ0n) is 19.0. The first-order chi connectivity index (χ1) is 17.3. The van der Waals surface area contributed by atoms with Gasteiger partial charge < -0.3 is 16.0 Å². The van der Waals surface area contributed by atoms with E-state index in [1.165, 1.54) is 19.1 Å². The monoisotopic (exact) mass is 524 g/mol. The molecular weight excluding hydrogens is 506 g/mol. The molecule has 0 saturated carbocycles. The second kappa shape index (κ2) is 8.34. The van der Waals surface area contributed by atoms with Gasteiger partial charge in [0.15, 0.2) is 17.4 Å². The number of nitrogen functional groups attached to an aromatic ring is 1. The van der Waals surface area contributed by atoms with Crippen LogP contribution >= 0.6 is 22.9 Å². The minimum Gasteiger partial charge on any atom is -0.389 e. The number of nitrogens with zero attached hydrogens (tertiary/aromatic N) is 4. The molecule has 0 amide bonds. The van der Waals surface area contributed by atoms with Crippen LogP contribution in [0.15, 0.2) is 18.2 Å². The molecule has 11 heteroatoms. The number of hydrogen-bond donors (Lipinski definition) is 2. The van der Waals surface area contributed by atoms with E-state index in [0.29, 0.717) is 24.3 Å². The molecule has 2 aliphatic heterocycles. The van der Waals surface area contributed by atoms with E-state index in [2.05, 4.69) is 15.3 Å². The highest BCUT2D eigenvalue weighted by Crippen LogP contribution is 2.45. The number of halogens is 3. The molecule has 2 atom stereocenters. The lowest BCUT2D eigenvalue weighted by molar-refractivity contribution is 0.100. The van der Waals surface area contributed by atoms with Crippen molar-refractivity contribution >= 4 is 60.5 Å². The quantitative estimate of drug-likeness (QED) is 0.361. The SMILES string of the molecule is CC(=O)c1nc(N2CC3CCC(C2)N3)c2cc(Cl)c(-c3ccc(F)c4sc(N)c(C#N)c34)c(F)c2n1. The summed E-state index contributed by atoms with van der Waals surface area (Å²) in [6.07, 6.45) is 2.07. The number of Topliss-reactive ketones (excluding diaryl/α,β-unsaturated/α-hetero) is 1. The molecule has 2 unspecified atom stereocenters. The summed E-state index contributed by atoms with van der Waals surface area (Å²) in [5.74, 6) is -1.38. The van der Waals surface area contributed by atoms with E-state index in [-0.39, 0.29) is 60.2 Å². The van der Waals surface area contributed by atoms with Crippen LogP contribution in [0.2, 0.25) is 5.02 Å². The minimum atomic E-state index is -0.775. The van der Waals surface area contributed by atoms with E-state index in [1.807, 2.05) is 11.0 Å². The number of nitriles is 1. The predicted molar refractivity (Wildman–Crippen MR) is 137 cm³/mol. The van der Waals surface area contributed by atoms with Crippen molar-refractivity contribution in [3.63, 3.8) is 0 Å². The lowest BCUT2D eigenvalue weighted by Crippen LogP contribution is -2.51. The van der Waals surface area contributed by atoms with Gasteiger partial charge in [-0.15, -0.1) is 11.3 Å². The van der Waals surface area contributed by atoms with Crippen LogP contribution in [0, 0.1) is 23.0 Å². The number of rotatable bonds is 3. The number of fused-ring (bicyclic) bond motifs is 4. The first kappa shape index (κ1) is 23.0. The molecule has 2 bridgehead atoms. The third-order valence-corrected chi connectivity index (χ3v) is 8.22. The number of carbonyl (C=O) groups excluding carboxylic acids is 1. The summed E-state index contributed by atoms with van der Waals surface area (Å²) < 4.78 is 31.0. The Bertz CT molecular complexity index is 1640. The zero-order chi connectivity index (χ0) is 25.3. The number of ketones is 1. The van der Waals surface area contributed by atoms with E-state index < -0.39 is 17.4 Å². The minimum absolute atomic E-state index is 0.0389. The Morgan fingerprint density at radius 1 is 1.28 bits per heavy atom. The number of anilines is 2. The molecule has 0 aliphatic carbocycles. The Hall–Kier alpha value is -3.39. The maximum Gasteiger partial charge on any atom is 0.198 e. The summed E-state index contributed by atoms with van der Waals surface area (Å²) in [4.78, 5) is 23.1. The summed E-state index contributed by atoms with van der Waals surface area (Å²) in [5.41, 5.74) is 6.15. The standard InChI is InChI=1S/C25H19ClF2N6OS/c1-10(35)24-32-21-14(25(33-24)34-8-11-2-3-12(9-34)31-11)6-16(26)19(20(21)28)13-4-5-17(27)22-18(13)15(7-29)23(30)36-22/h4-6,11-12,31H,2-3,8-9,30H2,1H3. The number of piperazine rings is 1. The van der Waals surface area contributed by atoms with Gasteiger partial charge >= 0.3 is 0 Å². The van der Waals surface area contributed by atoms with Crippen LogP contribution in [0.1, 0.15) is 35.9 Å². The molecule has 4 heterocycles. The molecule has 2 aliphatic rings. The Morgan fingerprint density at radius 2 is 2.00 bits per heavy atom. The average molecular weight is 525 g/mol. The number of carbonyl (C=O) groups is 1. The predicted octanol–water partition coefficient (Wildman–Crippen LogP) is 5.04. The third-order valence-electron chi connectivity index (χ3n) is 6.89. The van der Waals surface area contributed by atoms with Crippen molar-refractivity contribution in [1.82, 2.24) is 15.3 Å². The molecule has 0 radical (unpaired) electrons. The molecule has 0 spiro atoms. The molecule has 36 heavy (non-hydrogen) atoms. The highest BCUT2D eigenvalue weighted by molar-refractivity contribution is 7.23. The molecule has 2 saturated heterocycles. The summed E-state index contributed by atoms with van der Waals surface area (Å²) in [6.45, 7) is 2.66. The van der Waals surface area contributed by atoms with Crippen LogP contribution in [0.25, 0.3) is 32.1 Å². The van der Waals surface area contributed by atoms with E-state index in [0.717, 1.165) is 24.2 Å². The van der Waals surface area contributed by atoms with Gasteiger partial charge in [0.2, 0.25) is 0 Å². The van der Waals surface area contributed by atoms with Crippen molar-refractivity contribution in [3.05, 3.63) is 46.2 Å². The lowest BCUT2D eigenvalue weighted by Gasteiger charge is -2.34. The smallest absolute Gasteiger partial charge is 0.198 e. The van der Waals surface area contributed by atoms with E-state index in [9.17, 15) is 14.4 Å². The van der Waals surface area contributed by atoms with Gasteiger partial charge in [-0.05, 0) is 30.5 Å². The van der Waals surface area contributed by atoms with Crippen molar-refractivity contribution in [2.75, 3.05) is 23.7 Å². The van der Waals surface area contributed by atoms with Gasteiger partial charge in [-0.2, -0.15) is 5.26 Å². The Morgan fingerprint density at radius 3 is 2.67 bits per heavy atom. The number of thiophene rings is 1. The van der Waals surface area contributed by atoms with Crippen LogP contribution in [0.3, 0.4) is 0 Å². The van der Waals surface area contributed by atoms with Crippen LogP contribution < -0.4 is 16.0 Å². The van der Waals surface area contributed by atoms with Crippen LogP contribution in [0.5, 0.6) is 0 Å². The Balaban J connectivity index is 1.64. The average Bonchev–Trinajstić information content (AvgIpc) is 3.37. The first-order valence-corrected chi connectivity index (χ1v) is 12.6. The van der Waals surface area contributed by atoms with Crippen molar-refractivity contribution in [2.24, 2.45) is 0 Å². The van der Waals surface area contributed by atoms with Gasteiger partial charge in [0.25, 0.3) is 0 Å². The van der Waals surface area contributed by atoms with E-state index in [4.69, 9.17) is 17.3 Å². The number of benzene rings is 2. The molecule has 2 fully saturated rings. The fourth-order valence-corrected chi connectivity index (χ4v) is 6.55. The number of hydrogen-bond acceptors (Lipinski definition) is 8. The maximum absolute atomic E-state index is 16.3.